The first kappa shape index (κ1) is 20.2. The summed E-state index contributed by atoms with van der Waals surface area (Å²) >= 11 is 2.69. The summed E-state index contributed by atoms with van der Waals surface area (Å²) in [5.41, 5.74) is 8.01. The first-order valence-corrected chi connectivity index (χ1v) is 10.9. The van der Waals surface area contributed by atoms with Gasteiger partial charge in [0.2, 0.25) is 11.8 Å². The van der Waals surface area contributed by atoms with Crippen LogP contribution in [0.3, 0.4) is 0 Å². The van der Waals surface area contributed by atoms with Crippen LogP contribution in [0.4, 0.5) is 5.69 Å². The van der Waals surface area contributed by atoms with E-state index in [0.29, 0.717) is 17.0 Å². The van der Waals surface area contributed by atoms with Gasteiger partial charge in [-0.25, -0.2) is 4.98 Å². The summed E-state index contributed by atoms with van der Waals surface area (Å²) in [5.74, 6) is 0.132. The maximum Gasteiger partial charge on any atom is 0.234 e. The Kier molecular flexibility index (Phi) is 5.65. The van der Waals surface area contributed by atoms with Gasteiger partial charge in [-0.1, -0.05) is 30.0 Å². The monoisotopic (exact) mass is 441 g/mol. The molecule has 0 aliphatic heterocycles. The van der Waals surface area contributed by atoms with E-state index in [1.54, 1.807) is 13.2 Å². The Morgan fingerprint density at radius 3 is 2.80 bits per heavy atom. The van der Waals surface area contributed by atoms with E-state index >= 15 is 0 Å². The number of carbonyl (C=O) groups excluding carboxylic acids is 2. The van der Waals surface area contributed by atoms with Crippen LogP contribution in [-0.4, -0.2) is 29.7 Å². The largest absolute Gasteiger partial charge is 0.495 e. The number of aryl methyl sites for hydroxylation is 1. The van der Waals surface area contributed by atoms with Crippen molar-refractivity contribution in [2.45, 2.75) is 17.7 Å². The molecule has 0 radical (unpaired) electrons. The zero-order valence-electron chi connectivity index (χ0n) is 16.4. The maximum absolute atomic E-state index is 12.5. The number of benzene rings is 2. The van der Waals surface area contributed by atoms with E-state index in [-0.39, 0.29) is 18.1 Å². The van der Waals surface area contributed by atoms with Gasteiger partial charge in [-0.2, -0.15) is 0 Å². The second kappa shape index (κ2) is 8.37. The van der Waals surface area contributed by atoms with Gasteiger partial charge in [0, 0.05) is 21.7 Å². The van der Waals surface area contributed by atoms with E-state index in [4.69, 9.17) is 14.9 Å². The van der Waals surface area contributed by atoms with Gasteiger partial charge >= 0.3 is 0 Å². The molecule has 0 spiro atoms. The highest BCUT2D eigenvalue weighted by atomic mass is 32.2. The van der Waals surface area contributed by atoms with Crippen molar-refractivity contribution in [1.82, 2.24) is 4.98 Å². The summed E-state index contributed by atoms with van der Waals surface area (Å²) < 4.78 is 12.1. The molecule has 0 unspecified atom stereocenters. The minimum absolute atomic E-state index is 0.158. The normalized spacial score (nSPS) is 11.1. The zero-order valence-corrected chi connectivity index (χ0v) is 18.0. The lowest BCUT2D eigenvalue weighted by atomic mass is 10.1. The van der Waals surface area contributed by atoms with Crippen LogP contribution in [0.5, 0.6) is 5.75 Å². The Hall–Kier alpha value is -3.04. The van der Waals surface area contributed by atoms with E-state index in [1.165, 1.54) is 23.1 Å². The lowest BCUT2D eigenvalue weighted by Crippen LogP contribution is -2.14. The molecule has 0 aliphatic carbocycles. The highest BCUT2D eigenvalue weighted by molar-refractivity contribution is 8.01. The molecule has 7 nitrogen and oxygen atoms in total. The zero-order chi connectivity index (χ0) is 21.3. The van der Waals surface area contributed by atoms with Crippen molar-refractivity contribution < 1.29 is 18.7 Å². The van der Waals surface area contributed by atoms with E-state index in [9.17, 15) is 9.59 Å². The molecule has 0 atom stereocenters. The van der Waals surface area contributed by atoms with Crippen LogP contribution in [0.25, 0.3) is 21.9 Å². The minimum Gasteiger partial charge on any atom is -0.495 e. The number of anilines is 1. The van der Waals surface area contributed by atoms with Crippen LogP contribution in [-0.2, 0) is 16.0 Å². The molecule has 154 valence electrons. The van der Waals surface area contributed by atoms with E-state index in [2.05, 4.69) is 10.3 Å². The minimum atomic E-state index is -0.399. The van der Waals surface area contributed by atoms with Crippen LogP contribution in [0, 0.1) is 6.92 Å². The van der Waals surface area contributed by atoms with Crippen molar-refractivity contribution in [2.24, 2.45) is 5.73 Å². The number of nitrogens with zero attached hydrogens (tertiary/aromatic N) is 1. The molecular weight excluding hydrogens is 422 g/mol. The van der Waals surface area contributed by atoms with Gasteiger partial charge in [0.25, 0.3) is 0 Å². The Labute approximate surface area is 180 Å². The number of nitrogens with two attached hydrogens (primary N) is 1. The molecule has 2 amide bonds. The Balaban J connectivity index is 1.50. The second-order valence-corrected chi connectivity index (χ2v) is 8.92. The number of fused-ring (bicyclic) bond motifs is 3. The van der Waals surface area contributed by atoms with Gasteiger partial charge in [0.15, 0.2) is 4.34 Å². The van der Waals surface area contributed by atoms with Crippen LogP contribution < -0.4 is 15.8 Å². The molecule has 0 saturated carbocycles. The lowest BCUT2D eigenvalue weighted by molar-refractivity contribution is -0.117. The summed E-state index contributed by atoms with van der Waals surface area (Å²) in [5, 5.41) is 4.80. The number of aromatic nitrogens is 1. The van der Waals surface area contributed by atoms with Crippen molar-refractivity contribution in [3.8, 4) is 5.75 Å². The topological polar surface area (TPSA) is 107 Å². The van der Waals surface area contributed by atoms with E-state index < -0.39 is 5.91 Å². The average Bonchev–Trinajstić information content (AvgIpc) is 3.24. The Morgan fingerprint density at radius 1 is 1.23 bits per heavy atom. The number of rotatable bonds is 7. The summed E-state index contributed by atoms with van der Waals surface area (Å²) in [6.45, 7) is 1.83. The number of hydrogen-bond acceptors (Lipinski definition) is 7. The van der Waals surface area contributed by atoms with E-state index in [1.807, 2.05) is 37.3 Å². The van der Waals surface area contributed by atoms with Gasteiger partial charge in [0.1, 0.15) is 16.9 Å². The molecule has 30 heavy (non-hydrogen) atoms. The standard InChI is InChI=1S/C21H19N3O4S2/c1-11-18(9-19(22)25)30-21(23-11)29-10-20(26)24-14-8-16-13(7-17(14)27-2)12-5-3-4-6-15(12)28-16/h3-8H,9-10H2,1-2H3,(H2,22,25)(H,24,26). The van der Waals surface area contributed by atoms with Crippen molar-refractivity contribution in [1.29, 1.82) is 0 Å². The first-order chi connectivity index (χ1) is 14.4. The molecule has 9 heteroatoms. The number of nitrogens with one attached hydrogen (secondary N) is 1. The van der Waals surface area contributed by atoms with Gasteiger partial charge in [-0.05, 0) is 19.1 Å². The van der Waals surface area contributed by atoms with Crippen molar-refractivity contribution >= 4 is 62.5 Å². The number of thioether (sulfide) groups is 1. The molecule has 0 saturated heterocycles. The molecular formula is C21H19N3O4S2. The first-order valence-electron chi connectivity index (χ1n) is 9.11. The van der Waals surface area contributed by atoms with Crippen LogP contribution in [0.15, 0.2) is 45.2 Å². The van der Waals surface area contributed by atoms with Crippen molar-refractivity contribution in [3.63, 3.8) is 0 Å². The molecule has 2 aromatic heterocycles. The number of hydrogen-bond donors (Lipinski definition) is 2. The van der Waals surface area contributed by atoms with Gasteiger partial charge < -0.3 is 20.2 Å². The third kappa shape index (κ3) is 4.12. The molecule has 0 aliphatic rings. The van der Waals surface area contributed by atoms with Crippen LogP contribution >= 0.6 is 23.1 Å². The van der Waals surface area contributed by atoms with Crippen LogP contribution in [0.2, 0.25) is 0 Å². The van der Waals surface area contributed by atoms with Crippen molar-refractivity contribution in [3.05, 3.63) is 47.0 Å². The molecule has 4 aromatic rings. The third-order valence-electron chi connectivity index (χ3n) is 4.51. The number of methoxy groups -OCH3 is 1. The predicted octanol–water partition coefficient (Wildman–Crippen LogP) is 4.12. The molecule has 4 rings (SSSR count). The SMILES string of the molecule is COc1cc2c(cc1NC(=O)CSc1nc(C)c(CC(N)=O)s1)oc1ccccc12. The Bertz CT molecular complexity index is 1260. The van der Waals surface area contributed by atoms with Crippen molar-refractivity contribution in [2.75, 3.05) is 18.2 Å². The number of primary amides is 1. The summed E-state index contributed by atoms with van der Waals surface area (Å²) in [4.78, 5) is 28.9. The van der Waals surface area contributed by atoms with Gasteiger partial charge in [-0.15, -0.1) is 11.3 Å². The summed E-state index contributed by atoms with van der Waals surface area (Å²) in [7, 11) is 1.56. The third-order valence-corrected chi connectivity index (χ3v) is 6.81. The number of ether oxygens (including phenoxy) is 1. The predicted molar refractivity (Wildman–Crippen MR) is 119 cm³/mol. The molecule has 2 aromatic carbocycles. The fourth-order valence-corrected chi connectivity index (χ4v) is 5.16. The van der Waals surface area contributed by atoms with E-state index in [0.717, 1.165) is 31.3 Å². The number of amides is 2. The maximum atomic E-state index is 12.5. The Morgan fingerprint density at radius 2 is 2.03 bits per heavy atom. The number of para-hydroxylation sites is 1. The molecule has 2 heterocycles. The highest BCUT2D eigenvalue weighted by Crippen LogP contribution is 2.36. The number of furan rings is 1. The lowest BCUT2D eigenvalue weighted by Gasteiger charge is -2.10. The summed E-state index contributed by atoms with van der Waals surface area (Å²) in [6.07, 6.45) is 0.158. The number of thiazole rings is 1. The number of carbonyl (C=O) groups is 2. The smallest absolute Gasteiger partial charge is 0.234 e. The quantitative estimate of drug-likeness (QED) is 0.418. The van der Waals surface area contributed by atoms with Gasteiger partial charge in [-0.3, -0.25) is 9.59 Å². The molecule has 0 fully saturated rings. The molecule has 3 N–H and O–H groups in total. The molecule has 0 bridgehead atoms. The highest BCUT2D eigenvalue weighted by Gasteiger charge is 2.16. The second-order valence-electron chi connectivity index (χ2n) is 6.62. The fourth-order valence-electron chi connectivity index (χ4n) is 3.12. The fraction of sp³-hybridized carbons (Fsp3) is 0.190. The average molecular weight is 442 g/mol. The van der Waals surface area contributed by atoms with Gasteiger partial charge in [0.05, 0.1) is 30.7 Å². The van der Waals surface area contributed by atoms with Crippen LogP contribution in [0.1, 0.15) is 10.6 Å². The summed E-state index contributed by atoms with van der Waals surface area (Å²) in [6, 6.07) is 11.4.